The summed E-state index contributed by atoms with van der Waals surface area (Å²) < 4.78 is 40.5. The number of likely N-dealkylation sites (N-methyl/N-ethyl adjacent to an activating group) is 1. The standard InChI is InChI=1S/C13H20FN3O3S.ClH/c1-13(2,3)17-21(19,20)11-7-9(5-6-10(11)14)16-12(18)8-15-4;/h5-7,15,17H,8H2,1-4H3,(H,16,18);1H. The van der Waals surface area contributed by atoms with E-state index in [4.69, 9.17) is 0 Å². The van der Waals surface area contributed by atoms with Crippen molar-refractivity contribution in [2.75, 3.05) is 18.9 Å². The number of hydrogen-bond donors (Lipinski definition) is 3. The van der Waals surface area contributed by atoms with E-state index in [-0.39, 0.29) is 30.5 Å². The molecule has 1 aromatic carbocycles. The second-order valence-electron chi connectivity index (χ2n) is 5.58. The first-order chi connectivity index (χ1) is 9.55. The Morgan fingerprint density at radius 1 is 1.27 bits per heavy atom. The van der Waals surface area contributed by atoms with Crippen molar-refractivity contribution < 1.29 is 17.6 Å². The van der Waals surface area contributed by atoms with E-state index in [2.05, 4.69) is 15.4 Å². The first-order valence-corrected chi connectivity index (χ1v) is 7.81. The molecule has 1 amide bonds. The molecule has 0 heterocycles. The zero-order chi connectivity index (χ0) is 16.3. The van der Waals surface area contributed by atoms with Crippen molar-refractivity contribution >= 4 is 34.0 Å². The van der Waals surface area contributed by atoms with Gasteiger partial charge >= 0.3 is 0 Å². The fraction of sp³-hybridized carbons (Fsp3) is 0.462. The zero-order valence-electron chi connectivity index (χ0n) is 12.9. The number of halogens is 2. The lowest BCUT2D eigenvalue weighted by molar-refractivity contribution is -0.115. The number of benzene rings is 1. The molecular formula is C13H21ClFN3O3S. The zero-order valence-corrected chi connectivity index (χ0v) is 14.5. The van der Waals surface area contributed by atoms with E-state index in [1.807, 2.05) is 0 Å². The van der Waals surface area contributed by atoms with Crippen LogP contribution in [0, 0.1) is 5.82 Å². The molecule has 0 atom stereocenters. The fourth-order valence-electron chi connectivity index (χ4n) is 1.61. The summed E-state index contributed by atoms with van der Waals surface area (Å²) in [5.74, 6) is -1.23. The highest BCUT2D eigenvalue weighted by Gasteiger charge is 2.25. The Kier molecular flexibility index (Phi) is 7.43. The molecule has 1 rings (SSSR count). The number of anilines is 1. The lowest BCUT2D eigenvalue weighted by Gasteiger charge is -2.20. The Morgan fingerprint density at radius 3 is 2.36 bits per heavy atom. The van der Waals surface area contributed by atoms with Crippen molar-refractivity contribution in [1.82, 2.24) is 10.0 Å². The van der Waals surface area contributed by atoms with Gasteiger partial charge in [-0.2, -0.15) is 0 Å². The summed E-state index contributed by atoms with van der Waals surface area (Å²) >= 11 is 0. The Bertz CT molecular complexity index is 630. The number of sulfonamides is 1. The largest absolute Gasteiger partial charge is 0.325 e. The van der Waals surface area contributed by atoms with Gasteiger partial charge < -0.3 is 10.6 Å². The molecule has 0 saturated carbocycles. The van der Waals surface area contributed by atoms with E-state index in [9.17, 15) is 17.6 Å². The molecule has 126 valence electrons. The summed E-state index contributed by atoms with van der Waals surface area (Å²) in [6.45, 7) is 5.03. The van der Waals surface area contributed by atoms with E-state index in [0.717, 1.165) is 12.1 Å². The molecule has 0 aliphatic carbocycles. The Hall–Kier alpha value is -1.22. The molecule has 0 saturated heterocycles. The predicted octanol–water partition coefficient (Wildman–Crippen LogP) is 1.48. The summed E-state index contributed by atoms with van der Waals surface area (Å²) in [7, 11) is -2.41. The minimum atomic E-state index is -4.01. The molecule has 6 nitrogen and oxygen atoms in total. The maximum absolute atomic E-state index is 13.8. The molecule has 22 heavy (non-hydrogen) atoms. The van der Waals surface area contributed by atoms with Crippen molar-refractivity contribution in [2.24, 2.45) is 0 Å². The third kappa shape index (κ3) is 6.27. The topological polar surface area (TPSA) is 87.3 Å². The molecule has 1 aromatic rings. The van der Waals surface area contributed by atoms with Gasteiger partial charge in [0.1, 0.15) is 10.7 Å². The third-order valence-corrected chi connectivity index (χ3v) is 4.06. The van der Waals surface area contributed by atoms with E-state index in [1.54, 1.807) is 27.8 Å². The second-order valence-corrected chi connectivity index (χ2v) is 7.23. The number of nitrogens with one attached hydrogen (secondary N) is 3. The number of hydrogen-bond acceptors (Lipinski definition) is 4. The molecule has 0 radical (unpaired) electrons. The molecule has 0 unspecified atom stereocenters. The average molecular weight is 354 g/mol. The van der Waals surface area contributed by atoms with Gasteiger partial charge in [-0.15, -0.1) is 12.4 Å². The highest BCUT2D eigenvalue weighted by atomic mass is 35.5. The molecule has 0 aromatic heterocycles. The van der Waals surface area contributed by atoms with Crippen LogP contribution in [0.15, 0.2) is 23.1 Å². The number of amides is 1. The van der Waals surface area contributed by atoms with E-state index in [0.29, 0.717) is 0 Å². The number of carbonyl (C=O) groups is 1. The van der Waals surface area contributed by atoms with Crippen LogP contribution in [-0.2, 0) is 14.8 Å². The molecular weight excluding hydrogens is 333 g/mol. The van der Waals surface area contributed by atoms with Crippen LogP contribution in [0.3, 0.4) is 0 Å². The van der Waals surface area contributed by atoms with Gasteiger partial charge in [0.05, 0.1) is 6.54 Å². The Morgan fingerprint density at radius 2 is 1.86 bits per heavy atom. The Labute approximate surface area is 136 Å². The third-order valence-electron chi connectivity index (χ3n) is 2.28. The molecule has 0 spiro atoms. The summed E-state index contributed by atoms with van der Waals surface area (Å²) in [6.07, 6.45) is 0. The molecule has 0 aliphatic heterocycles. The summed E-state index contributed by atoms with van der Waals surface area (Å²) in [6, 6.07) is 3.40. The maximum Gasteiger partial charge on any atom is 0.244 e. The van der Waals surface area contributed by atoms with Crippen LogP contribution in [0.25, 0.3) is 0 Å². The van der Waals surface area contributed by atoms with Crippen molar-refractivity contribution in [2.45, 2.75) is 31.2 Å². The van der Waals surface area contributed by atoms with E-state index >= 15 is 0 Å². The van der Waals surface area contributed by atoms with Gasteiger partial charge in [-0.1, -0.05) is 0 Å². The van der Waals surface area contributed by atoms with Gasteiger partial charge in [0.25, 0.3) is 0 Å². The highest BCUT2D eigenvalue weighted by Crippen LogP contribution is 2.21. The summed E-state index contributed by atoms with van der Waals surface area (Å²) in [5, 5.41) is 5.14. The van der Waals surface area contributed by atoms with Crippen molar-refractivity contribution in [3.8, 4) is 0 Å². The lowest BCUT2D eigenvalue weighted by Crippen LogP contribution is -2.40. The van der Waals surface area contributed by atoms with Crippen LogP contribution in [0.1, 0.15) is 20.8 Å². The average Bonchev–Trinajstić information content (AvgIpc) is 2.28. The summed E-state index contributed by atoms with van der Waals surface area (Å²) in [5.41, 5.74) is -0.526. The van der Waals surface area contributed by atoms with E-state index < -0.39 is 26.3 Å². The van der Waals surface area contributed by atoms with Gasteiger partial charge in [0.2, 0.25) is 15.9 Å². The molecule has 0 aliphatic rings. The number of carbonyl (C=O) groups excluding carboxylic acids is 1. The predicted molar refractivity (Wildman–Crippen MR) is 86.3 cm³/mol. The Balaban J connectivity index is 0.00000441. The molecule has 0 fully saturated rings. The van der Waals surface area contributed by atoms with Crippen LogP contribution in [-0.4, -0.2) is 33.5 Å². The van der Waals surface area contributed by atoms with Gasteiger partial charge in [-0.05, 0) is 46.0 Å². The first-order valence-electron chi connectivity index (χ1n) is 6.33. The highest BCUT2D eigenvalue weighted by molar-refractivity contribution is 7.89. The molecule has 3 N–H and O–H groups in total. The van der Waals surface area contributed by atoms with Crippen molar-refractivity contribution in [1.29, 1.82) is 0 Å². The van der Waals surface area contributed by atoms with Crippen molar-refractivity contribution in [3.63, 3.8) is 0 Å². The lowest BCUT2D eigenvalue weighted by atomic mass is 10.1. The SMILES string of the molecule is CNCC(=O)Nc1ccc(F)c(S(=O)(=O)NC(C)(C)C)c1.Cl. The van der Waals surface area contributed by atoms with Gasteiger partial charge in [-0.25, -0.2) is 17.5 Å². The van der Waals surface area contributed by atoms with Crippen LogP contribution in [0.4, 0.5) is 10.1 Å². The van der Waals surface area contributed by atoms with Crippen LogP contribution >= 0.6 is 12.4 Å². The summed E-state index contributed by atoms with van der Waals surface area (Å²) in [4.78, 5) is 11.0. The van der Waals surface area contributed by atoms with Crippen LogP contribution in [0.2, 0.25) is 0 Å². The van der Waals surface area contributed by atoms with Crippen molar-refractivity contribution in [3.05, 3.63) is 24.0 Å². The van der Waals surface area contributed by atoms with Crippen LogP contribution < -0.4 is 15.4 Å². The number of rotatable bonds is 5. The minimum Gasteiger partial charge on any atom is -0.325 e. The van der Waals surface area contributed by atoms with Gasteiger partial charge in [-0.3, -0.25) is 4.79 Å². The first kappa shape index (κ1) is 20.8. The fourth-order valence-corrected chi connectivity index (χ4v) is 3.13. The smallest absolute Gasteiger partial charge is 0.244 e. The quantitative estimate of drug-likeness (QED) is 0.748. The molecule has 0 bridgehead atoms. The second kappa shape index (κ2) is 7.87. The van der Waals surface area contributed by atoms with Gasteiger partial charge in [0.15, 0.2) is 0 Å². The van der Waals surface area contributed by atoms with Gasteiger partial charge in [0, 0.05) is 11.2 Å². The monoisotopic (exact) mass is 353 g/mol. The van der Waals surface area contributed by atoms with Crippen LogP contribution in [0.5, 0.6) is 0 Å². The minimum absolute atomic E-state index is 0. The van der Waals surface area contributed by atoms with E-state index in [1.165, 1.54) is 6.07 Å². The normalized spacial score (nSPS) is 11.7. The molecule has 9 heteroatoms. The maximum atomic E-state index is 13.8.